The average molecular weight is 454 g/mol. The third-order valence-corrected chi connectivity index (χ3v) is 5.67. The van der Waals surface area contributed by atoms with Crippen LogP contribution in [0.5, 0.6) is 0 Å². The summed E-state index contributed by atoms with van der Waals surface area (Å²) in [6.45, 7) is 2.93. The van der Waals surface area contributed by atoms with Gasteiger partial charge in [0.25, 0.3) is 0 Å². The molecule has 0 unspecified atom stereocenters. The van der Waals surface area contributed by atoms with Crippen LogP contribution in [0.1, 0.15) is 40.7 Å². The Hall–Kier alpha value is -4.19. The molecule has 0 fully saturated rings. The summed E-state index contributed by atoms with van der Waals surface area (Å²) >= 11 is 0. The number of benzene rings is 3. The number of aromatic nitrogens is 3. The van der Waals surface area contributed by atoms with E-state index in [1.54, 1.807) is 22.8 Å². The van der Waals surface area contributed by atoms with Gasteiger partial charge in [0.05, 0.1) is 18.7 Å². The van der Waals surface area contributed by atoms with Crippen LogP contribution in [-0.2, 0) is 19.5 Å². The minimum atomic E-state index is -0.957. The van der Waals surface area contributed by atoms with Gasteiger partial charge in [-0.2, -0.15) is 5.10 Å². The molecule has 6 nitrogen and oxygen atoms in total. The second kappa shape index (κ2) is 10.6. The Morgan fingerprint density at radius 3 is 2.35 bits per heavy atom. The lowest BCUT2D eigenvalue weighted by Crippen LogP contribution is -2.26. The molecule has 6 heteroatoms. The second-order valence-corrected chi connectivity index (χ2v) is 8.04. The van der Waals surface area contributed by atoms with Crippen molar-refractivity contribution in [3.8, 4) is 11.1 Å². The van der Waals surface area contributed by atoms with E-state index in [2.05, 4.69) is 5.10 Å². The molecule has 0 atom stereocenters. The molecule has 1 heterocycles. The molecule has 0 aliphatic rings. The van der Waals surface area contributed by atoms with Crippen molar-refractivity contribution in [1.82, 2.24) is 14.3 Å². The zero-order valence-corrected chi connectivity index (χ0v) is 19.1. The number of allylic oxidation sites excluding steroid dienone is 1. The predicted octanol–water partition coefficient (Wildman–Crippen LogP) is 5.12. The van der Waals surface area contributed by atoms with Gasteiger partial charge in [-0.25, -0.2) is 14.3 Å². The fourth-order valence-electron chi connectivity index (χ4n) is 3.87. The molecule has 0 saturated heterocycles. The van der Waals surface area contributed by atoms with Gasteiger partial charge in [0, 0.05) is 0 Å². The molecule has 172 valence electrons. The number of carboxylic acid groups (broad SMARTS) is 1. The first-order valence-corrected chi connectivity index (χ1v) is 11.4. The lowest BCUT2D eigenvalue weighted by molar-refractivity contribution is 0.0697. The van der Waals surface area contributed by atoms with Gasteiger partial charge >= 0.3 is 11.7 Å². The van der Waals surface area contributed by atoms with Gasteiger partial charge in [0.1, 0.15) is 0 Å². The van der Waals surface area contributed by atoms with Gasteiger partial charge in [-0.1, -0.05) is 85.8 Å². The first kappa shape index (κ1) is 23.0. The van der Waals surface area contributed by atoms with Crippen molar-refractivity contribution >= 4 is 12.0 Å². The Morgan fingerprint density at radius 2 is 1.65 bits per heavy atom. The maximum absolute atomic E-state index is 13.2. The Balaban J connectivity index is 1.59. The van der Waals surface area contributed by atoms with E-state index in [1.165, 1.54) is 4.68 Å². The van der Waals surface area contributed by atoms with Gasteiger partial charge in [0.2, 0.25) is 0 Å². The quantitative estimate of drug-likeness (QED) is 0.381. The van der Waals surface area contributed by atoms with Crippen molar-refractivity contribution in [2.75, 3.05) is 0 Å². The Morgan fingerprint density at radius 1 is 0.941 bits per heavy atom. The number of aryl methyl sites for hydroxylation is 2. The molecular formula is C28H27N3O3. The molecule has 4 aromatic rings. The number of aromatic carboxylic acids is 1. The number of hydrogen-bond donors (Lipinski definition) is 1. The zero-order valence-electron chi connectivity index (χ0n) is 19.1. The van der Waals surface area contributed by atoms with E-state index in [9.17, 15) is 14.7 Å². The molecule has 0 amide bonds. The van der Waals surface area contributed by atoms with Gasteiger partial charge in [0.15, 0.2) is 5.82 Å². The molecule has 0 radical (unpaired) electrons. The molecule has 0 aliphatic heterocycles. The standard InChI is InChI=1S/C28H27N3O3/c1-2-3-13-26-29-31(19-18-21-9-5-4-6-10-21)28(34)30(26)20-22-14-16-23(17-15-22)24-11-7-8-12-25(24)27(32)33/h3-17H,2,18-20H2,1H3,(H,32,33). The lowest BCUT2D eigenvalue weighted by atomic mass is 9.99. The predicted molar refractivity (Wildman–Crippen MR) is 134 cm³/mol. The SMILES string of the molecule is CCC=Cc1nn(CCc2ccccc2)c(=O)n1Cc1ccc(-c2ccccc2C(=O)O)cc1. The Labute approximate surface area is 198 Å². The average Bonchev–Trinajstić information content (AvgIpc) is 3.16. The minimum absolute atomic E-state index is 0.146. The van der Waals surface area contributed by atoms with Crippen LogP contribution < -0.4 is 5.69 Å². The molecule has 4 rings (SSSR count). The van der Waals surface area contributed by atoms with Crippen LogP contribution in [0.25, 0.3) is 17.2 Å². The number of rotatable bonds is 9. The molecule has 3 aromatic carbocycles. The van der Waals surface area contributed by atoms with E-state index in [-0.39, 0.29) is 11.3 Å². The van der Waals surface area contributed by atoms with E-state index in [1.807, 2.05) is 79.7 Å². The summed E-state index contributed by atoms with van der Waals surface area (Å²) in [7, 11) is 0. The Kier molecular flexibility index (Phi) is 7.18. The summed E-state index contributed by atoms with van der Waals surface area (Å²) in [5.41, 5.74) is 3.70. The maximum atomic E-state index is 13.2. The fourth-order valence-corrected chi connectivity index (χ4v) is 3.87. The van der Waals surface area contributed by atoms with Crippen molar-refractivity contribution < 1.29 is 9.90 Å². The summed E-state index contributed by atoms with van der Waals surface area (Å²) in [5, 5.41) is 14.0. The van der Waals surface area contributed by atoms with Crippen LogP contribution in [0, 0.1) is 0 Å². The van der Waals surface area contributed by atoms with Gasteiger partial charge in [-0.3, -0.25) is 4.57 Å². The normalized spacial score (nSPS) is 11.2. The molecule has 0 bridgehead atoms. The van der Waals surface area contributed by atoms with Crippen molar-refractivity contribution in [3.63, 3.8) is 0 Å². The van der Waals surface area contributed by atoms with Gasteiger partial charge in [-0.05, 0) is 47.2 Å². The number of carboxylic acids is 1. The van der Waals surface area contributed by atoms with Crippen LogP contribution in [0.15, 0.2) is 89.7 Å². The van der Waals surface area contributed by atoms with Crippen molar-refractivity contribution in [3.05, 3.63) is 118 Å². The van der Waals surface area contributed by atoms with E-state index < -0.39 is 5.97 Å². The maximum Gasteiger partial charge on any atom is 0.346 e. The van der Waals surface area contributed by atoms with E-state index >= 15 is 0 Å². The van der Waals surface area contributed by atoms with Crippen LogP contribution in [0.3, 0.4) is 0 Å². The third kappa shape index (κ3) is 5.23. The number of hydrogen-bond acceptors (Lipinski definition) is 3. The highest BCUT2D eigenvalue weighted by molar-refractivity contribution is 5.95. The van der Waals surface area contributed by atoms with E-state index in [0.717, 1.165) is 29.5 Å². The van der Waals surface area contributed by atoms with E-state index in [4.69, 9.17) is 0 Å². The summed E-state index contributed by atoms with van der Waals surface area (Å²) < 4.78 is 3.21. The number of nitrogens with zero attached hydrogens (tertiary/aromatic N) is 3. The molecular weight excluding hydrogens is 426 g/mol. The minimum Gasteiger partial charge on any atom is -0.478 e. The fraction of sp³-hybridized carbons (Fsp3) is 0.179. The van der Waals surface area contributed by atoms with Crippen LogP contribution in [0.2, 0.25) is 0 Å². The second-order valence-electron chi connectivity index (χ2n) is 8.04. The first-order chi connectivity index (χ1) is 16.6. The molecule has 1 N–H and O–H groups in total. The monoisotopic (exact) mass is 453 g/mol. The van der Waals surface area contributed by atoms with Crippen molar-refractivity contribution in [1.29, 1.82) is 0 Å². The largest absolute Gasteiger partial charge is 0.478 e. The van der Waals surface area contributed by atoms with Crippen molar-refractivity contribution in [2.45, 2.75) is 32.9 Å². The zero-order chi connectivity index (χ0) is 23.9. The molecule has 0 saturated carbocycles. The first-order valence-electron chi connectivity index (χ1n) is 11.4. The van der Waals surface area contributed by atoms with Crippen LogP contribution in [0.4, 0.5) is 0 Å². The van der Waals surface area contributed by atoms with Gasteiger partial charge in [-0.15, -0.1) is 0 Å². The molecule has 0 spiro atoms. The Bertz CT molecular complexity index is 1350. The summed E-state index contributed by atoms with van der Waals surface area (Å²) in [6.07, 6.45) is 5.46. The highest BCUT2D eigenvalue weighted by Gasteiger charge is 2.14. The topological polar surface area (TPSA) is 77.1 Å². The summed E-state index contributed by atoms with van der Waals surface area (Å²) in [4.78, 5) is 24.7. The van der Waals surface area contributed by atoms with Crippen molar-refractivity contribution in [2.24, 2.45) is 0 Å². The molecule has 34 heavy (non-hydrogen) atoms. The summed E-state index contributed by atoms with van der Waals surface area (Å²) in [5.74, 6) is -0.332. The van der Waals surface area contributed by atoms with Crippen LogP contribution >= 0.6 is 0 Å². The highest BCUT2D eigenvalue weighted by atomic mass is 16.4. The highest BCUT2D eigenvalue weighted by Crippen LogP contribution is 2.24. The molecule has 0 aliphatic carbocycles. The third-order valence-electron chi connectivity index (χ3n) is 5.67. The number of carbonyl (C=O) groups is 1. The van der Waals surface area contributed by atoms with Crippen LogP contribution in [-0.4, -0.2) is 25.4 Å². The van der Waals surface area contributed by atoms with E-state index in [0.29, 0.717) is 24.5 Å². The smallest absolute Gasteiger partial charge is 0.346 e. The molecule has 1 aromatic heterocycles. The van der Waals surface area contributed by atoms with Gasteiger partial charge < -0.3 is 5.11 Å². The summed E-state index contributed by atoms with van der Waals surface area (Å²) in [6, 6.07) is 24.6. The lowest BCUT2D eigenvalue weighted by Gasteiger charge is -2.08.